The van der Waals surface area contributed by atoms with Gasteiger partial charge in [0, 0.05) is 15.0 Å². The summed E-state index contributed by atoms with van der Waals surface area (Å²) in [6.45, 7) is 0. The van der Waals surface area contributed by atoms with E-state index in [-0.39, 0.29) is 5.56 Å². The molecule has 2 aromatic heterocycles. The highest BCUT2D eigenvalue weighted by Crippen LogP contribution is 2.37. The van der Waals surface area contributed by atoms with Crippen molar-refractivity contribution in [2.45, 2.75) is 29.8 Å². The van der Waals surface area contributed by atoms with Gasteiger partial charge in [-0.2, -0.15) is 0 Å². The van der Waals surface area contributed by atoms with Gasteiger partial charge in [0.2, 0.25) is 0 Å². The molecule has 2 heterocycles. The molecule has 4 rings (SSSR count). The van der Waals surface area contributed by atoms with Gasteiger partial charge in [0.15, 0.2) is 5.16 Å². The number of H-pyrrole nitrogens is 1. The van der Waals surface area contributed by atoms with Crippen LogP contribution in [-0.4, -0.2) is 24.7 Å². The lowest BCUT2D eigenvalue weighted by molar-refractivity contribution is 0.662. The average Bonchev–Trinajstić information content (AvgIpc) is 3.25. The Hall–Kier alpha value is -1.19. The molecule has 1 aliphatic carbocycles. The van der Waals surface area contributed by atoms with Crippen LogP contribution in [-0.2, 0) is 5.75 Å². The van der Waals surface area contributed by atoms with Crippen LogP contribution in [0.15, 0.2) is 37.4 Å². The molecule has 0 radical (unpaired) electrons. The van der Waals surface area contributed by atoms with Crippen LogP contribution in [0.1, 0.15) is 24.7 Å². The molecule has 0 spiro atoms. The predicted molar refractivity (Wildman–Crippen MR) is 95.6 cm³/mol. The maximum Gasteiger partial charge on any atom is 0.258 e. The largest absolute Gasteiger partial charge is 0.309 e. The van der Waals surface area contributed by atoms with E-state index in [1.165, 1.54) is 24.6 Å². The fourth-order valence-electron chi connectivity index (χ4n) is 2.35. The van der Waals surface area contributed by atoms with Crippen molar-refractivity contribution in [1.82, 2.24) is 24.7 Å². The molecule has 0 unspecified atom stereocenters. The number of nitrogens with zero attached hydrogens (tertiary/aromatic N) is 4. The number of benzene rings is 1. The monoisotopic (exact) mass is 455 g/mol. The second-order valence-corrected chi connectivity index (χ2v) is 8.05. The number of nitrogens with one attached hydrogen (secondary N) is 1. The van der Waals surface area contributed by atoms with E-state index in [4.69, 9.17) is 0 Å². The van der Waals surface area contributed by atoms with Crippen LogP contribution in [0.25, 0.3) is 10.9 Å². The SMILES string of the molecule is O=c1[nH]c(CSc2nncn2C2CC2)nc2c(Br)cc(Br)cc12. The van der Waals surface area contributed by atoms with Gasteiger partial charge < -0.3 is 9.55 Å². The van der Waals surface area contributed by atoms with Crippen molar-refractivity contribution < 1.29 is 0 Å². The van der Waals surface area contributed by atoms with Crippen molar-refractivity contribution in [3.8, 4) is 0 Å². The lowest BCUT2D eigenvalue weighted by Crippen LogP contribution is -2.11. The topological polar surface area (TPSA) is 76.5 Å². The Balaban J connectivity index is 1.64. The zero-order chi connectivity index (χ0) is 16.0. The van der Waals surface area contributed by atoms with E-state index in [1.807, 2.05) is 6.07 Å². The summed E-state index contributed by atoms with van der Waals surface area (Å²) >= 11 is 8.39. The molecule has 118 valence electrons. The van der Waals surface area contributed by atoms with Crippen molar-refractivity contribution in [3.63, 3.8) is 0 Å². The maximum absolute atomic E-state index is 12.3. The zero-order valence-electron chi connectivity index (χ0n) is 11.8. The molecule has 1 N–H and O–H groups in total. The number of hydrogen-bond donors (Lipinski definition) is 1. The number of hydrogen-bond acceptors (Lipinski definition) is 5. The van der Waals surface area contributed by atoms with Gasteiger partial charge in [0.1, 0.15) is 12.2 Å². The number of aromatic nitrogens is 5. The van der Waals surface area contributed by atoms with Crippen LogP contribution < -0.4 is 5.56 Å². The van der Waals surface area contributed by atoms with Gasteiger partial charge in [-0.05, 0) is 40.9 Å². The Kier molecular flexibility index (Phi) is 4.02. The molecule has 1 aromatic carbocycles. The maximum atomic E-state index is 12.3. The van der Waals surface area contributed by atoms with E-state index in [0.29, 0.717) is 28.5 Å². The molecule has 1 saturated carbocycles. The highest BCUT2D eigenvalue weighted by atomic mass is 79.9. The van der Waals surface area contributed by atoms with Crippen molar-refractivity contribution in [2.75, 3.05) is 0 Å². The Labute approximate surface area is 152 Å². The number of rotatable bonds is 4. The Morgan fingerprint density at radius 3 is 2.96 bits per heavy atom. The molecule has 0 saturated heterocycles. The van der Waals surface area contributed by atoms with Gasteiger partial charge in [-0.15, -0.1) is 10.2 Å². The van der Waals surface area contributed by atoms with E-state index in [1.54, 1.807) is 12.4 Å². The van der Waals surface area contributed by atoms with Crippen molar-refractivity contribution in [2.24, 2.45) is 0 Å². The Morgan fingerprint density at radius 1 is 1.35 bits per heavy atom. The molecule has 3 aromatic rings. The molecule has 0 bridgehead atoms. The fraction of sp³-hybridized carbons (Fsp3) is 0.286. The second-order valence-electron chi connectivity index (χ2n) is 5.34. The van der Waals surface area contributed by atoms with Gasteiger partial charge in [-0.1, -0.05) is 27.7 Å². The number of halogens is 2. The predicted octanol–water partition coefficient (Wildman–Crippen LogP) is 3.67. The van der Waals surface area contributed by atoms with Gasteiger partial charge in [0.05, 0.1) is 16.7 Å². The van der Waals surface area contributed by atoms with Crippen LogP contribution >= 0.6 is 43.6 Å². The molecule has 0 atom stereocenters. The van der Waals surface area contributed by atoms with E-state index >= 15 is 0 Å². The van der Waals surface area contributed by atoms with Crippen LogP contribution in [0.3, 0.4) is 0 Å². The molecule has 6 nitrogen and oxygen atoms in total. The molecule has 23 heavy (non-hydrogen) atoms. The third-order valence-electron chi connectivity index (χ3n) is 3.60. The van der Waals surface area contributed by atoms with Crippen LogP contribution in [0.2, 0.25) is 0 Å². The lowest BCUT2D eigenvalue weighted by atomic mass is 10.2. The summed E-state index contributed by atoms with van der Waals surface area (Å²) in [5, 5.41) is 9.54. The van der Waals surface area contributed by atoms with E-state index in [0.717, 1.165) is 14.1 Å². The van der Waals surface area contributed by atoms with Gasteiger partial charge in [-0.25, -0.2) is 4.98 Å². The lowest BCUT2D eigenvalue weighted by Gasteiger charge is -2.06. The molecule has 1 fully saturated rings. The van der Waals surface area contributed by atoms with Crippen molar-refractivity contribution in [3.05, 3.63) is 43.6 Å². The Morgan fingerprint density at radius 2 is 2.17 bits per heavy atom. The zero-order valence-corrected chi connectivity index (χ0v) is 15.8. The number of aromatic amines is 1. The highest BCUT2D eigenvalue weighted by molar-refractivity contribution is 9.11. The summed E-state index contributed by atoms with van der Waals surface area (Å²) in [4.78, 5) is 19.7. The summed E-state index contributed by atoms with van der Waals surface area (Å²) in [5.74, 6) is 1.17. The molecule has 9 heteroatoms. The first-order valence-corrected chi connectivity index (χ1v) is 9.59. The minimum atomic E-state index is -0.142. The average molecular weight is 457 g/mol. The molecular formula is C14H11Br2N5OS. The first-order valence-electron chi connectivity index (χ1n) is 7.02. The summed E-state index contributed by atoms with van der Waals surface area (Å²) in [7, 11) is 0. The number of thioether (sulfide) groups is 1. The van der Waals surface area contributed by atoms with E-state index in [2.05, 4.69) is 56.6 Å². The normalized spacial score (nSPS) is 14.5. The van der Waals surface area contributed by atoms with E-state index in [9.17, 15) is 4.79 Å². The number of fused-ring (bicyclic) bond motifs is 1. The van der Waals surface area contributed by atoms with Crippen molar-refractivity contribution in [1.29, 1.82) is 0 Å². The highest BCUT2D eigenvalue weighted by Gasteiger charge is 2.26. The third kappa shape index (κ3) is 3.09. The van der Waals surface area contributed by atoms with Crippen LogP contribution in [0, 0.1) is 0 Å². The minimum Gasteiger partial charge on any atom is -0.309 e. The smallest absolute Gasteiger partial charge is 0.258 e. The van der Waals surface area contributed by atoms with E-state index < -0.39 is 0 Å². The first kappa shape index (κ1) is 15.3. The van der Waals surface area contributed by atoms with Gasteiger partial charge >= 0.3 is 0 Å². The Bertz CT molecular complexity index is 950. The summed E-state index contributed by atoms with van der Waals surface area (Å²) in [6, 6.07) is 4.18. The standard InChI is InChI=1S/C14H11Br2N5OS/c15-7-3-9-12(10(16)4-7)18-11(19-13(9)22)5-23-14-20-17-6-21(14)8-1-2-8/h3-4,6,8H,1-2,5H2,(H,18,19,22). The molecule has 0 amide bonds. The minimum absolute atomic E-state index is 0.142. The third-order valence-corrected chi connectivity index (χ3v) is 5.63. The van der Waals surface area contributed by atoms with Crippen LogP contribution in [0.4, 0.5) is 0 Å². The van der Waals surface area contributed by atoms with Crippen molar-refractivity contribution >= 4 is 54.5 Å². The molecule has 0 aliphatic heterocycles. The summed E-state index contributed by atoms with van der Waals surface area (Å²) < 4.78 is 3.72. The van der Waals surface area contributed by atoms with Gasteiger partial charge in [0.25, 0.3) is 5.56 Å². The summed E-state index contributed by atoms with van der Waals surface area (Å²) in [5.41, 5.74) is 0.521. The quantitative estimate of drug-likeness (QED) is 0.606. The van der Waals surface area contributed by atoms with Gasteiger partial charge in [-0.3, -0.25) is 4.79 Å². The second kappa shape index (κ2) is 6.03. The fourth-order valence-corrected chi connectivity index (χ4v) is 4.52. The van der Waals surface area contributed by atoms with Crippen LogP contribution in [0.5, 0.6) is 0 Å². The molecular weight excluding hydrogens is 446 g/mol. The molecule has 1 aliphatic rings. The first-order chi connectivity index (χ1) is 11.1. The summed E-state index contributed by atoms with van der Waals surface area (Å²) in [6.07, 6.45) is 4.13.